The summed E-state index contributed by atoms with van der Waals surface area (Å²) in [5, 5.41) is 13.2. The van der Waals surface area contributed by atoms with Crippen molar-refractivity contribution in [3.05, 3.63) is 40.4 Å². The Morgan fingerprint density at radius 1 is 1.10 bits per heavy atom. The molecule has 1 aromatic carbocycles. The minimum Gasteiger partial charge on any atom is -0.450 e. The molecule has 0 bridgehead atoms. The molecule has 222 valence electrons. The molecule has 1 saturated carbocycles. The molecule has 8 N–H and O–H groups in total. The van der Waals surface area contributed by atoms with E-state index < -0.39 is 0 Å². The van der Waals surface area contributed by atoms with Crippen molar-refractivity contribution in [1.29, 1.82) is 0 Å². The fourth-order valence-electron chi connectivity index (χ4n) is 5.98. The van der Waals surface area contributed by atoms with E-state index in [4.69, 9.17) is 16.2 Å². The number of hydrogen-bond acceptors (Lipinski definition) is 8. The van der Waals surface area contributed by atoms with Crippen LogP contribution in [0.2, 0.25) is 0 Å². The molecule has 3 heterocycles. The summed E-state index contributed by atoms with van der Waals surface area (Å²) in [5.74, 6) is 2.39. The van der Waals surface area contributed by atoms with Crippen LogP contribution in [0.25, 0.3) is 0 Å². The molecule has 0 unspecified atom stereocenters. The number of nitrogens with one attached hydrogen (secondary N) is 4. The number of fused-ring (bicyclic) bond motifs is 2. The summed E-state index contributed by atoms with van der Waals surface area (Å²) in [6.07, 6.45) is 10.1. The first-order valence-electron chi connectivity index (χ1n) is 14.9. The van der Waals surface area contributed by atoms with Gasteiger partial charge in [0.2, 0.25) is 5.91 Å². The number of carbonyl (C=O) groups excluding carboxylic acids is 1. The predicted molar refractivity (Wildman–Crippen MR) is 160 cm³/mol. The van der Waals surface area contributed by atoms with Gasteiger partial charge in [-0.3, -0.25) is 14.4 Å². The van der Waals surface area contributed by atoms with Crippen LogP contribution in [-0.2, 0) is 11.2 Å². The second-order valence-corrected chi connectivity index (χ2v) is 11.3. The number of hydrogen-bond donors (Lipinski definition) is 6. The van der Waals surface area contributed by atoms with E-state index in [-0.39, 0.29) is 30.0 Å². The van der Waals surface area contributed by atoms with Gasteiger partial charge in [-0.05, 0) is 94.6 Å². The number of benzene rings is 1. The molecule has 0 radical (unpaired) electrons. The molecule has 1 saturated heterocycles. The fourth-order valence-corrected chi connectivity index (χ4v) is 5.98. The monoisotopic (exact) mass is 565 g/mol. The topological polar surface area (TPSA) is 174 Å². The minimum atomic E-state index is -0.291. The number of piperidine rings is 1. The standard InChI is InChI=1S/C29H43N9O3/c30-28(31)35-12-1-11-33-21-3-5-22(6-4-21)38-18-25-27(37-29(38)40)36-23-16-20(2-7-24(23)41-25)17-26(39)34-15-10-19-8-13-32-14-9-19/h2,7,16,18-19,21-22,32-33H,1,3-6,8-15,17H2,(H,34,39)(H4,30,31,35)(H,36,37,40). The highest BCUT2D eigenvalue weighted by molar-refractivity contribution is 5.80. The van der Waals surface area contributed by atoms with Crippen LogP contribution >= 0.6 is 0 Å². The number of carbonyl (C=O) groups is 1. The number of nitrogens with two attached hydrogens (primary N) is 2. The van der Waals surface area contributed by atoms with E-state index in [9.17, 15) is 9.59 Å². The highest BCUT2D eigenvalue weighted by atomic mass is 16.5. The molecule has 3 aliphatic rings. The Kier molecular flexibility index (Phi) is 9.73. The van der Waals surface area contributed by atoms with Crippen molar-refractivity contribution in [3.8, 4) is 11.5 Å². The first kappa shape index (κ1) is 28.9. The number of anilines is 2. The number of ether oxygens (including phenoxy) is 1. The van der Waals surface area contributed by atoms with Crippen LogP contribution in [0.3, 0.4) is 0 Å². The molecule has 1 amide bonds. The third kappa shape index (κ3) is 7.98. The molecule has 0 spiro atoms. The van der Waals surface area contributed by atoms with Crippen LogP contribution in [0, 0.1) is 5.92 Å². The summed E-state index contributed by atoms with van der Waals surface area (Å²) in [6, 6.07) is 6.17. The zero-order valence-electron chi connectivity index (χ0n) is 23.7. The Bertz CT molecular complexity index is 1280. The summed E-state index contributed by atoms with van der Waals surface area (Å²) in [4.78, 5) is 33.8. The van der Waals surface area contributed by atoms with Gasteiger partial charge in [0.15, 0.2) is 23.3 Å². The van der Waals surface area contributed by atoms with Gasteiger partial charge >= 0.3 is 5.69 Å². The lowest BCUT2D eigenvalue weighted by Crippen LogP contribution is -2.37. The summed E-state index contributed by atoms with van der Waals surface area (Å²) in [5.41, 5.74) is 12.0. The summed E-state index contributed by atoms with van der Waals surface area (Å²) < 4.78 is 7.85. The Hall–Kier alpha value is -3.64. The van der Waals surface area contributed by atoms with Crippen molar-refractivity contribution in [3.63, 3.8) is 0 Å². The molecular weight excluding hydrogens is 522 g/mol. The maximum Gasteiger partial charge on any atom is 0.350 e. The molecule has 2 aliphatic heterocycles. The average molecular weight is 566 g/mol. The predicted octanol–water partition coefficient (Wildman–Crippen LogP) is 1.88. The van der Waals surface area contributed by atoms with Crippen LogP contribution in [0.15, 0.2) is 34.2 Å². The smallest absolute Gasteiger partial charge is 0.350 e. The first-order valence-corrected chi connectivity index (χ1v) is 14.9. The molecular formula is C29H43N9O3. The normalized spacial score (nSPS) is 20.2. The van der Waals surface area contributed by atoms with Crippen molar-refractivity contribution in [2.75, 3.05) is 38.0 Å². The second-order valence-electron chi connectivity index (χ2n) is 11.3. The molecule has 0 atom stereocenters. The number of aromatic nitrogens is 2. The van der Waals surface area contributed by atoms with Crippen LogP contribution in [0.4, 0.5) is 11.5 Å². The Morgan fingerprint density at radius 3 is 2.68 bits per heavy atom. The average Bonchev–Trinajstić information content (AvgIpc) is 2.96. The SMILES string of the molecule is NC(N)=NCCCNC1CCC(n2cc3c(nc2=O)Nc2cc(CC(=O)NCCC4CCNCC4)ccc2O3)CC1. The van der Waals surface area contributed by atoms with E-state index in [0.29, 0.717) is 48.1 Å². The van der Waals surface area contributed by atoms with Crippen molar-refractivity contribution < 1.29 is 9.53 Å². The van der Waals surface area contributed by atoms with Crippen LogP contribution in [0.1, 0.15) is 63.0 Å². The van der Waals surface area contributed by atoms with Gasteiger partial charge in [-0.2, -0.15) is 4.98 Å². The third-order valence-electron chi connectivity index (χ3n) is 8.29. The van der Waals surface area contributed by atoms with E-state index in [1.807, 2.05) is 18.2 Å². The molecule has 5 rings (SSSR count). The molecule has 2 fully saturated rings. The van der Waals surface area contributed by atoms with Crippen molar-refractivity contribution >= 4 is 23.4 Å². The molecule has 1 aromatic heterocycles. The van der Waals surface area contributed by atoms with Gasteiger partial charge in [-0.1, -0.05) is 6.07 Å². The highest BCUT2D eigenvalue weighted by Crippen LogP contribution is 2.41. The first-order chi connectivity index (χ1) is 19.9. The number of amides is 1. The summed E-state index contributed by atoms with van der Waals surface area (Å²) >= 11 is 0. The van der Waals surface area contributed by atoms with Gasteiger partial charge in [0, 0.05) is 25.2 Å². The van der Waals surface area contributed by atoms with Crippen molar-refractivity contribution in [2.24, 2.45) is 22.4 Å². The highest BCUT2D eigenvalue weighted by Gasteiger charge is 2.26. The molecule has 1 aliphatic carbocycles. The largest absolute Gasteiger partial charge is 0.450 e. The van der Waals surface area contributed by atoms with Gasteiger partial charge in [0.05, 0.1) is 18.3 Å². The third-order valence-corrected chi connectivity index (χ3v) is 8.29. The second kappa shape index (κ2) is 13.8. The quantitative estimate of drug-likeness (QED) is 0.115. The molecule has 2 aromatic rings. The zero-order chi connectivity index (χ0) is 28.6. The van der Waals surface area contributed by atoms with Gasteiger partial charge < -0.3 is 37.5 Å². The molecule has 12 heteroatoms. The fraction of sp³-hybridized carbons (Fsp3) is 0.586. The van der Waals surface area contributed by atoms with Crippen LogP contribution < -0.4 is 43.2 Å². The lowest BCUT2D eigenvalue weighted by molar-refractivity contribution is -0.120. The maximum absolute atomic E-state index is 13.0. The van der Waals surface area contributed by atoms with Gasteiger partial charge in [0.25, 0.3) is 0 Å². The van der Waals surface area contributed by atoms with Gasteiger partial charge in [-0.15, -0.1) is 0 Å². The van der Waals surface area contributed by atoms with Crippen LogP contribution in [0.5, 0.6) is 11.5 Å². The Balaban J connectivity index is 1.12. The maximum atomic E-state index is 13.0. The number of aliphatic imine (C=N–C) groups is 1. The van der Waals surface area contributed by atoms with Gasteiger partial charge in [-0.25, -0.2) is 4.79 Å². The van der Waals surface area contributed by atoms with E-state index in [0.717, 1.165) is 63.7 Å². The Labute approximate surface area is 240 Å². The minimum absolute atomic E-state index is 0.00730. The van der Waals surface area contributed by atoms with E-state index >= 15 is 0 Å². The lowest BCUT2D eigenvalue weighted by Gasteiger charge is -2.31. The summed E-state index contributed by atoms with van der Waals surface area (Å²) in [7, 11) is 0. The molecule has 41 heavy (non-hydrogen) atoms. The lowest BCUT2D eigenvalue weighted by atomic mass is 9.91. The Morgan fingerprint density at radius 2 is 1.90 bits per heavy atom. The van der Waals surface area contributed by atoms with E-state index in [1.165, 1.54) is 12.8 Å². The number of guanidine groups is 1. The van der Waals surface area contributed by atoms with E-state index in [2.05, 4.69) is 31.2 Å². The molecule has 12 nitrogen and oxygen atoms in total. The van der Waals surface area contributed by atoms with Gasteiger partial charge in [0.1, 0.15) is 0 Å². The number of rotatable bonds is 11. The van der Waals surface area contributed by atoms with Crippen molar-refractivity contribution in [2.45, 2.75) is 69.9 Å². The van der Waals surface area contributed by atoms with Crippen molar-refractivity contribution in [1.82, 2.24) is 25.5 Å². The zero-order valence-corrected chi connectivity index (χ0v) is 23.7. The van der Waals surface area contributed by atoms with E-state index in [1.54, 1.807) is 10.8 Å². The van der Waals surface area contributed by atoms with Crippen LogP contribution in [-0.4, -0.2) is 60.2 Å². The number of nitrogens with zero attached hydrogens (tertiary/aromatic N) is 3. The summed E-state index contributed by atoms with van der Waals surface area (Å²) in [6.45, 7) is 4.32.